The molecule has 2 rings (SSSR count). The third-order valence-corrected chi connectivity index (χ3v) is 3.33. The van der Waals surface area contributed by atoms with Crippen molar-refractivity contribution in [1.82, 2.24) is 5.32 Å². The monoisotopic (exact) mass is 205 g/mol. The topological polar surface area (TPSA) is 32.3 Å². The van der Waals surface area contributed by atoms with Crippen LogP contribution >= 0.6 is 0 Å². The van der Waals surface area contributed by atoms with Crippen LogP contribution in [0.3, 0.4) is 0 Å². The summed E-state index contributed by atoms with van der Waals surface area (Å²) in [6.07, 6.45) is 1.91. The second-order valence-corrected chi connectivity index (χ2v) is 4.45. The van der Waals surface area contributed by atoms with Crippen LogP contribution in [0.1, 0.15) is 17.5 Å². The molecule has 2 heteroatoms. The molecule has 82 valence electrons. The highest BCUT2D eigenvalue weighted by Crippen LogP contribution is 2.20. The second kappa shape index (κ2) is 4.77. The van der Waals surface area contributed by atoms with Crippen LogP contribution in [0.5, 0.6) is 0 Å². The van der Waals surface area contributed by atoms with Gasteiger partial charge < -0.3 is 10.4 Å². The number of piperidine rings is 1. The molecule has 1 saturated heterocycles. The average molecular weight is 205 g/mol. The number of nitrogens with one attached hydrogen (secondary N) is 1. The molecule has 1 heterocycles. The minimum atomic E-state index is -0.182. The van der Waals surface area contributed by atoms with Crippen molar-refractivity contribution in [3.05, 3.63) is 35.4 Å². The van der Waals surface area contributed by atoms with Crippen molar-refractivity contribution in [3.63, 3.8) is 0 Å². The third kappa shape index (κ3) is 2.58. The first-order valence-electron chi connectivity index (χ1n) is 5.70. The van der Waals surface area contributed by atoms with Crippen molar-refractivity contribution >= 4 is 0 Å². The Balaban J connectivity index is 2.04. The summed E-state index contributed by atoms with van der Waals surface area (Å²) in [6, 6.07) is 8.46. The van der Waals surface area contributed by atoms with Gasteiger partial charge in [0.2, 0.25) is 0 Å². The number of β-amino-alcohol motifs (C(OH)–C–C–N with tert-alkyl or cyclic N) is 1. The zero-order valence-corrected chi connectivity index (χ0v) is 9.24. The Kier molecular flexibility index (Phi) is 3.39. The number of benzene rings is 1. The number of hydrogen-bond acceptors (Lipinski definition) is 2. The van der Waals surface area contributed by atoms with E-state index in [0.29, 0.717) is 5.92 Å². The van der Waals surface area contributed by atoms with E-state index in [2.05, 4.69) is 36.5 Å². The Morgan fingerprint density at radius 2 is 2.20 bits per heavy atom. The molecule has 0 aromatic heterocycles. The van der Waals surface area contributed by atoms with Gasteiger partial charge in [0.1, 0.15) is 0 Å². The molecular weight excluding hydrogens is 186 g/mol. The minimum absolute atomic E-state index is 0.182. The molecule has 2 nitrogen and oxygen atoms in total. The molecule has 1 aromatic carbocycles. The van der Waals surface area contributed by atoms with E-state index in [1.165, 1.54) is 11.1 Å². The Bertz CT molecular complexity index is 324. The van der Waals surface area contributed by atoms with Crippen molar-refractivity contribution in [2.24, 2.45) is 5.92 Å². The molecule has 2 atom stereocenters. The molecule has 0 unspecified atom stereocenters. The van der Waals surface area contributed by atoms with Crippen LogP contribution < -0.4 is 5.32 Å². The van der Waals surface area contributed by atoms with Crippen molar-refractivity contribution < 1.29 is 5.11 Å². The maximum atomic E-state index is 9.86. The summed E-state index contributed by atoms with van der Waals surface area (Å²) >= 11 is 0. The van der Waals surface area contributed by atoms with E-state index in [9.17, 15) is 5.11 Å². The summed E-state index contributed by atoms with van der Waals surface area (Å²) < 4.78 is 0. The van der Waals surface area contributed by atoms with Crippen LogP contribution in [0.25, 0.3) is 0 Å². The van der Waals surface area contributed by atoms with Crippen LogP contribution in [0.4, 0.5) is 0 Å². The van der Waals surface area contributed by atoms with Crippen LogP contribution in [-0.4, -0.2) is 24.3 Å². The lowest BCUT2D eigenvalue weighted by Crippen LogP contribution is -2.41. The molecule has 0 radical (unpaired) electrons. The van der Waals surface area contributed by atoms with Gasteiger partial charge in [-0.25, -0.2) is 0 Å². The lowest BCUT2D eigenvalue weighted by Gasteiger charge is -2.28. The fraction of sp³-hybridized carbons (Fsp3) is 0.538. The van der Waals surface area contributed by atoms with Crippen LogP contribution in [-0.2, 0) is 6.42 Å². The van der Waals surface area contributed by atoms with Gasteiger partial charge in [0.25, 0.3) is 0 Å². The first-order valence-corrected chi connectivity index (χ1v) is 5.70. The molecule has 0 saturated carbocycles. The Labute approximate surface area is 91.3 Å². The molecule has 0 spiro atoms. The molecule has 1 fully saturated rings. The van der Waals surface area contributed by atoms with E-state index >= 15 is 0 Å². The van der Waals surface area contributed by atoms with Gasteiger partial charge in [0.15, 0.2) is 0 Å². The number of hydrogen-bond donors (Lipinski definition) is 2. The minimum Gasteiger partial charge on any atom is -0.392 e. The van der Waals surface area contributed by atoms with Gasteiger partial charge in [-0.3, -0.25) is 0 Å². The molecule has 0 amide bonds. The van der Waals surface area contributed by atoms with Gasteiger partial charge >= 0.3 is 0 Å². The zero-order chi connectivity index (χ0) is 10.7. The lowest BCUT2D eigenvalue weighted by molar-refractivity contribution is 0.0819. The molecule has 2 N–H and O–H groups in total. The Hall–Kier alpha value is -0.860. The molecule has 15 heavy (non-hydrogen) atoms. The SMILES string of the molecule is Cc1ccccc1C[C@H]1CCNC[C@@H]1O. The maximum absolute atomic E-state index is 9.86. The number of rotatable bonds is 2. The van der Waals surface area contributed by atoms with Crippen LogP contribution in [0.2, 0.25) is 0 Å². The van der Waals surface area contributed by atoms with Gasteiger partial charge in [-0.15, -0.1) is 0 Å². The van der Waals surface area contributed by atoms with Gasteiger partial charge in [-0.1, -0.05) is 24.3 Å². The third-order valence-electron chi connectivity index (χ3n) is 3.33. The second-order valence-electron chi connectivity index (χ2n) is 4.45. The normalized spacial score (nSPS) is 26.5. The standard InChI is InChI=1S/C13H19NO/c1-10-4-2-3-5-11(10)8-12-6-7-14-9-13(12)15/h2-5,12-15H,6-9H2,1H3/t12-,13+/m1/s1. The van der Waals surface area contributed by atoms with E-state index in [1.807, 2.05) is 0 Å². The zero-order valence-electron chi connectivity index (χ0n) is 9.24. The highest BCUT2D eigenvalue weighted by Gasteiger charge is 2.23. The quantitative estimate of drug-likeness (QED) is 0.767. The maximum Gasteiger partial charge on any atom is 0.0696 e. The average Bonchev–Trinajstić information content (AvgIpc) is 2.24. The highest BCUT2D eigenvalue weighted by molar-refractivity contribution is 5.26. The first kappa shape index (κ1) is 10.7. The highest BCUT2D eigenvalue weighted by atomic mass is 16.3. The first-order chi connectivity index (χ1) is 7.27. The van der Waals surface area contributed by atoms with E-state index < -0.39 is 0 Å². The number of aliphatic hydroxyl groups excluding tert-OH is 1. The summed E-state index contributed by atoms with van der Waals surface area (Å²) in [6.45, 7) is 3.92. The molecule has 0 aliphatic carbocycles. The number of aryl methyl sites for hydroxylation is 1. The smallest absolute Gasteiger partial charge is 0.0696 e. The summed E-state index contributed by atoms with van der Waals surface area (Å²) in [7, 11) is 0. The van der Waals surface area contributed by atoms with E-state index in [4.69, 9.17) is 0 Å². The van der Waals surface area contributed by atoms with Crippen molar-refractivity contribution in [2.75, 3.05) is 13.1 Å². The summed E-state index contributed by atoms with van der Waals surface area (Å²) in [5, 5.41) is 13.1. The fourth-order valence-electron chi connectivity index (χ4n) is 2.26. The van der Waals surface area contributed by atoms with E-state index in [1.54, 1.807) is 0 Å². The van der Waals surface area contributed by atoms with Gasteiger partial charge in [-0.05, 0) is 43.4 Å². The van der Waals surface area contributed by atoms with Crippen molar-refractivity contribution in [2.45, 2.75) is 25.9 Å². The molecular formula is C13H19NO. The van der Waals surface area contributed by atoms with Crippen LogP contribution in [0.15, 0.2) is 24.3 Å². The fourth-order valence-corrected chi connectivity index (χ4v) is 2.26. The van der Waals surface area contributed by atoms with Gasteiger partial charge in [-0.2, -0.15) is 0 Å². The predicted molar refractivity (Wildman–Crippen MR) is 61.9 cm³/mol. The van der Waals surface area contributed by atoms with Crippen molar-refractivity contribution in [3.8, 4) is 0 Å². The summed E-state index contributed by atoms with van der Waals surface area (Å²) in [5.41, 5.74) is 2.71. The van der Waals surface area contributed by atoms with Gasteiger partial charge in [0, 0.05) is 6.54 Å². The molecule has 0 bridgehead atoms. The van der Waals surface area contributed by atoms with Crippen LogP contribution in [0, 0.1) is 12.8 Å². The van der Waals surface area contributed by atoms with Gasteiger partial charge in [0.05, 0.1) is 6.10 Å². The van der Waals surface area contributed by atoms with E-state index in [-0.39, 0.29) is 6.10 Å². The Morgan fingerprint density at radius 3 is 2.93 bits per heavy atom. The largest absolute Gasteiger partial charge is 0.392 e. The summed E-state index contributed by atoms with van der Waals surface area (Å²) in [4.78, 5) is 0. The predicted octanol–water partition coefficient (Wildman–Crippen LogP) is 1.51. The molecule has 1 aliphatic rings. The Morgan fingerprint density at radius 1 is 1.40 bits per heavy atom. The lowest BCUT2D eigenvalue weighted by atomic mass is 9.87. The van der Waals surface area contributed by atoms with Crippen molar-refractivity contribution in [1.29, 1.82) is 0 Å². The number of aliphatic hydroxyl groups is 1. The van der Waals surface area contributed by atoms with E-state index in [0.717, 1.165) is 25.9 Å². The summed E-state index contributed by atoms with van der Waals surface area (Å²) in [5.74, 6) is 0.423. The molecule has 1 aliphatic heterocycles. The molecule has 1 aromatic rings.